The van der Waals surface area contributed by atoms with Crippen LogP contribution in [0.25, 0.3) is 0 Å². The van der Waals surface area contributed by atoms with Crippen LogP contribution in [0, 0.1) is 5.92 Å². The minimum atomic E-state index is -0.155. The van der Waals surface area contributed by atoms with Crippen LogP contribution in [-0.2, 0) is 11.3 Å². The average molecular weight is 301 g/mol. The summed E-state index contributed by atoms with van der Waals surface area (Å²) in [4.78, 5) is 11.0. The third kappa shape index (κ3) is 3.33. The first kappa shape index (κ1) is 12.6. The third-order valence-electron chi connectivity index (χ3n) is 3.37. The number of hydrogen-bond acceptors (Lipinski definition) is 3. The molecule has 1 aromatic rings. The molecule has 0 saturated heterocycles. The van der Waals surface area contributed by atoms with Crippen molar-refractivity contribution in [3.63, 3.8) is 0 Å². The van der Waals surface area contributed by atoms with E-state index < -0.39 is 0 Å². The molecule has 0 radical (unpaired) electrons. The minimum absolute atomic E-state index is 0.0726. The highest BCUT2D eigenvalue weighted by Crippen LogP contribution is 2.24. The summed E-state index contributed by atoms with van der Waals surface area (Å²) in [6.45, 7) is 0.722. The fraction of sp³-hybridized carbons (Fsp3) is 0.583. The van der Waals surface area contributed by atoms with Crippen molar-refractivity contribution in [2.45, 2.75) is 38.3 Å². The normalized spacial score (nSPS) is 24.8. The monoisotopic (exact) mass is 300 g/mol. The van der Waals surface area contributed by atoms with Gasteiger partial charge in [-0.05, 0) is 47.7 Å². The lowest BCUT2D eigenvalue weighted by Crippen LogP contribution is -2.36. The minimum Gasteiger partial charge on any atom is -0.467 e. The number of carbonyl (C=O) groups is 1. The largest absolute Gasteiger partial charge is 0.467 e. The van der Waals surface area contributed by atoms with Gasteiger partial charge in [-0.3, -0.25) is 4.79 Å². The van der Waals surface area contributed by atoms with Crippen LogP contribution in [0.3, 0.4) is 0 Å². The van der Waals surface area contributed by atoms with E-state index in [1.165, 1.54) is 0 Å². The molecule has 1 amide bonds. The number of hydrogen-bond donors (Lipinski definition) is 2. The van der Waals surface area contributed by atoms with Gasteiger partial charge in [0.25, 0.3) is 0 Å². The van der Waals surface area contributed by atoms with Crippen LogP contribution in [0.15, 0.2) is 21.2 Å². The number of furan rings is 1. The van der Waals surface area contributed by atoms with Gasteiger partial charge in [0.05, 0.1) is 17.3 Å². The van der Waals surface area contributed by atoms with Gasteiger partial charge >= 0.3 is 0 Å². The Morgan fingerprint density at radius 1 is 1.47 bits per heavy atom. The molecule has 1 heterocycles. The lowest BCUT2D eigenvalue weighted by atomic mass is 9.85. The summed E-state index contributed by atoms with van der Waals surface area (Å²) in [5.41, 5.74) is 5.30. The summed E-state index contributed by atoms with van der Waals surface area (Å²) in [5.74, 6) is 0.836. The molecule has 5 heteroatoms. The summed E-state index contributed by atoms with van der Waals surface area (Å²) in [6.07, 6.45) is 5.47. The van der Waals surface area contributed by atoms with E-state index in [1.807, 2.05) is 6.07 Å². The lowest BCUT2D eigenvalue weighted by molar-refractivity contribution is -0.122. The maximum absolute atomic E-state index is 11.0. The quantitative estimate of drug-likeness (QED) is 0.895. The Balaban J connectivity index is 1.75. The standard InChI is InChI=1S/C12H17BrN2O2/c13-10-5-6-17-11(10)7-15-9-3-1-8(2-4-9)12(14)16/h5-6,8-9,15H,1-4,7H2,(H2,14,16). The Morgan fingerprint density at radius 2 is 2.18 bits per heavy atom. The molecule has 1 aliphatic carbocycles. The van der Waals surface area contributed by atoms with Crippen LogP contribution in [0.2, 0.25) is 0 Å². The zero-order chi connectivity index (χ0) is 12.3. The van der Waals surface area contributed by atoms with Crippen molar-refractivity contribution < 1.29 is 9.21 Å². The molecule has 0 spiro atoms. The maximum Gasteiger partial charge on any atom is 0.220 e. The second-order valence-corrected chi connectivity index (χ2v) is 5.38. The van der Waals surface area contributed by atoms with Gasteiger partial charge in [0, 0.05) is 12.0 Å². The van der Waals surface area contributed by atoms with Crippen molar-refractivity contribution >= 4 is 21.8 Å². The predicted molar refractivity (Wildman–Crippen MR) is 68.2 cm³/mol. The van der Waals surface area contributed by atoms with E-state index in [0.717, 1.165) is 42.5 Å². The molecule has 0 bridgehead atoms. The molecule has 17 heavy (non-hydrogen) atoms. The summed E-state index contributed by atoms with van der Waals surface area (Å²) in [6, 6.07) is 2.35. The van der Waals surface area contributed by atoms with Crippen molar-refractivity contribution in [3.8, 4) is 0 Å². The number of nitrogens with two attached hydrogens (primary N) is 1. The molecular formula is C12H17BrN2O2. The molecule has 0 aromatic carbocycles. The molecule has 0 unspecified atom stereocenters. The molecule has 2 rings (SSSR count). The first-order chi connectivity index (χ1) is 8.16. The molecule has 1 fully saturated rings. The SMILES string of the molecule is NC(=O)C1CCC(NCc2occc2Br)CC1. The Kier molecular flexibility index (Phi) is 4.23. The first-order valence-electron chi connectivity index (χ1n) is 5.91. The molecule has 94 valence electrons. The Morgan fingerprint density at radius 3 is 2.71 bits per heavy atom. The van der Waals surface area contributed by atoms with Crippen molar-refractivity contribution in [2.24, 2.45) is 11.7 Å². The highest BCUT2D eigenvalue weighted by atomic mass is 79.9. The average Bonchev–Trinajstić information content (AvgIpc) is 2.73. The van der Waals surface area contributed by atoms with Crippen LogP contribution >= 0.6 is 15.9 Å². The summed E-state index contributed by atoms with van der Waals surface area (Å²) in [5, 5.41) is 3.45. The van der Waals surface area contributed by atoms with E-state index in [2.05, 4.69) is 21.2 Å². The zero-order valence-electron chi connectivity index (χ0n) is 9.62. The summed E-state index contributed by atoms with van der Waals surface area (Å²) >= 11 is 3.42. The second kappa shape index (κ2) is 5.69. The van der Waals surface area contributed by atoms with Crippen LogP contribution < -0.4 is 11.1 Å². The number of halogens is 1. The van der Waals surface area contributed by atoms with Crippen LogP contribution in [-0.4, -0.2) is 11.9 Å². The Bertz CT molecular complexity index is 384. The van der Waals surface area contributed by atoms with Gasteiger partial charge in [-0.2, -0.15) is 0 Å². The topological polar surface area (TPSA) is 68.3 Å². The van der Waals surface area contributed by atoms with Gasteiger partial charge in [-0.1, -0.05) is 0 Å². The molecule has 1 aliphatic rings. The number of carbonyl (C=O) groups excluding carboxylic acids is 1. The van der Waals surface area contributed by atoms with E-state index in [4.69, 9.17) is 10.2 Å². The summed E-state index contributed by atoms with van der Waals surface area (Å²) in [7, 11) is 0. The molecule has 0 atom stereocenters. The van der Waals surface area contributed by atoms with Crippen LogP contribution in [0.1, 0.15) is 31.4 Å². The van der Waals surface area contributed by atoms with E-state index >= 15 is 0 Å². The Labute approximate surface area is 109 Å². The van der Waals surface area contributed by atoms with E-state index in [0.29, 0.717) is 6.04 Å². The van der Waals surface area contributed by atoms with Crippen molar-refractivity contribution in [1.82, 2.24) is 5.32 Å². The van der Waals surface area contributed by atoms with Crippen molar-refractivity contribution in [2.75, 3.05) is 0 Å². The zero-order valence-corrected chi connectivity index (χ0v) is 11.2. The van der Waals surface area contributed by atoms with Gasteiger partial charge in [-0.15, -0.1) is 0 Å². The van der Waals surface area contributed by atoms with Crippen molar-refractivity contribution in [3.05, 3.63) is 22.6 Å². The fourth-order valence-corrected chi connectivity index (χ4v) is 2.61. The second-order valence-electron chi connectivity index (χ2n) is 4.52. The third-order valence-corrected chi connectivity index (χ3v) is 4.08. The highest BCUT2D eigenvalue weighted by Gasteiger charge is 2.24. The van der Waals surface area contributed by atoms with Gasteiger partial charge in [-0.25, -0.2) is 0 Å². The number of primary amides is 1. The molecule has 3 N–H and O–H groups in total. The van der Waals surface area contributed by atoms with Gasteiger partial charge in [0.15, 0.2) is 0 Å². The van der Waals surface area contributed by atoms with Crippen molar-refractivity contribution in [1.29, 1.82) is 0 Å². The van der Waals surface area contributed by atoms with E-state index in [9.17, 15) is 4.79 Å². The van der Waals surface area contributed by atoms with Crippen LogP contribution in [0.5, 0.6) is 0 Å². The predicted octanol–water partition coefficient (Wildman–Crippen LogP) is 2.18. The van der Waals surface area contributed by atoms with E-state index in [-0.39, 0.29) is 11.8 Å². The molecular weight excluding hydrogens is 284 g/mol. The molecule has 1 saturated carbocycles. The number of nitrogens with one attached hydrogen (secondary N) is 1. The van der Waals surface area contributed by atoms with E-state index in [1.54, 1.807) is 6.26 Å². The van der Waals surface area contributed by atoms with Gasteiger partial charge < -0.3 is 15.5 Å². The maximum atomic E-state index is 11.0. The summed E-state index contributed by atoms with van der Waals surface area (Å²) < 4.78 is 6.33. The first-order valence-corrected chi connectivity index (χ1v) is 6.70. The Hall–Kier alpha value is -0.810. The highest BCUT2D eigenvalue weighted by molar-refractivity contribution is 9.10. The molecule has 4 nitrogen and oxygen atoms in total. The van der Waals surface area contributed by atoms with Gasteiger partial charge in [0.2, 0.25) is 5.91 Å². The molecule has 1 aromatic heterocycles. The number of amides is 1. The van der Waals surface area contributed by atoms with Gasteiger partial charge in [0.1, 0.15) is 5.76 Å². The number of rotatable bonds is 4. The molecule has 0 aliphatic heterocycles. The fourth-order valence-electron chi connectivity index (χ4n) is 2.27. The van der Waals surface area contributed by atoms with Crippen LogP contribution in [0.4, 0.5) is 0 Å². The lowest BCUT2D eigenvalue weighted by Gasteiger charge is -2.27. The smallest absolute Gasteiger partial charge is 0.220 e.